The summed E-state index contributed by atoms with van der Waals surface area (Å²) in [4.78, 5) is 10.5. The van der Waals surface area contributed by atoms with E-state index in [4.69, 9.17) is 10.4 Å². The second-order valence-electron chi connectivity index (χ2n) is 2.67. The number of nitrogens with one attached hydrogen (secondary N) is 1. The lowest BCUT2D eigenvalue weighted by molar-refractivity contribution is -0.143. The first kappa shape index (κ1) is 8.02. The van der Waals surface area contributed by atoms with Crippen molar-refractivity contribution in [2.45, 2.75) is 6.42 Å². The average Bonchev–Trinajstić information content (AvgIpc) is 2.04. The van der Waals surface area contributed by atoms with Crippen LogP contribution in [0.1, 0.15) is 6.42 Å². The van der Waals surface area contributed by atoms with Gasteiger partial charge in [-0.15, -0.1) is 0 Å². The maximum absolute atomic E-state index is 10.5. The molecule has 60 valence electrons. The third-order valence-corrected chi connectivity index (χ3v) is 1.97. The summed E-state index contributed by atoms with van der Waals surface area (Å²) in [7, 11) is 0. The molecule has 1 aliphatic heterocycles. The molecule has 0 radical (unpaired) electrons. The highest BCUT2D eigenvalue weighted by Gasteiger charge is 2.30. The predicted octanol–water partition coefficient (Wildman–Crippen LogP) is -0.180. The van der Waals surface area contributed by atoms with Crippen LogP contribution in [0.2, 0.25) is 0 Å². The predicted molar refractivity (Wildman–Crippen MR) is 37.7 cm³/mol. The van der Waals surface area contributed by atoms with Crippen LogP contribution in [0.4, 0.5) is 0 Å². The second-order valence-corrected chi connectivity index (χ2v) is 2.67. The van der Waals surface area contributed by atoms with Gasteiger partial charge in [0, 0.05) is 6.54 Å². The van der Waals surface area contributed by atoms with Crippen molar-refractivity contribution < 1.29 is 9.90 Å². The smallest absolute Gasteiger partial charge is 0.307 e. The molecular formula is C7H10N2O2. The van der Waals surface area contributed by atoms with Crippen molar-refractivity contribution in [3.8, 4) is 6.07 Å². The number of carbonyl (C=O) groups is 1. The van der Waals surface area contributed by atoms with Crippen molar-refractivity contribution >= 4 is 5.97 Å². The second kappa shape index (κ2) is 3.35. The normalized spacial score (nSPS) is 30.8. The number of hydrogen-bond acceptors (Lipinski definition) is 3. The fourth-order valence-electron chi connectivity index (χ4n) is 1.29. The molecule has 4 nitrogen and oxygen atoms in total. The first-order chi connectivity index (χ1) is 5.25. The minimum atomic E-state index is -0.849. The number of nitrogens with zero attached hydrogens (tertiary/aromatic N) is 1. The number of piperidine rings is 1. The van der Waals surface area contributed by atoms with Crippen molar-refractivity contribution in [3.05, 3.63) is 0 Å². The molecule has 11 heavy (non-hydrogen) atoms. The van der Waals surface area contributed by atoms with Gasteiger partial charge in [-0.2, -0.15) is 5.26 Å². The van der Waals surface area contributed by atoms with E-state index in [2.05, 4.69) is 5.32 Å². The molecule has 2 N–H and O–H groups in total. The van der Waals surface area contributed by atoms with Gasteiger partial charge in [0.25, 0.3) is 0 Å². The largest absolute Gasteiger partial charge is 0.481 e. The summed E-state index contributed by atoms with van der Waals surface area (Å²) in [5, 5.41) is 20.2. The van der Waals surface area contributed by atoms with Gasteiger partial charge in [-0.25, -0.2) is 0 Å². The monoisotopic (exact) mass is 154 g/mol. The van der Waals surface area contributed by atoms with Gasteiger partial charge in [0.05, 0.1) is 17.9 Å². The van der Waals surface area contributed by atoms with Crippen LogP contribution in [0, 0.1) is 23.2 Å². The van der Waals surface area contributed by atoms with Crippen LogP contribution in [0.5, 0.6) is 0 Å². The minimum absolute atomic E-state index is 0.360. The Morgan fingerprint density at radius 3 is 2.91 bits per heavy atom. The summed E-state index contributed by atoms with van der Waals surface area (Å²) in [5.74, 6) is -1.68. The Morgan fingerprint density at radius 2 is 2.45 bits per heavy atom. The van der Waals surface area contributed by atoms with Crippen LogP contribution in [0.25, 0.3) is 0 Å². The Hall–Kier alpha value is -1.08. The molecule has 4 heteroatoms. The molecule has 0 spiro atoms. The van der Waals surface area contributed by atoms with Crippen LogP contribution < -0.4 is 5.32 Å². The molecule has 2 unspecified atom stereocenters. The summed E-state index contributed by atoms with van der Waals surface area (Å²) in [6, 6.07) is 1.99. The average molecular weight is 154 g/mol. The fourth-order valence-corrected chi connectivity index (χ4v) is 1.29. The molecular weight excluding hydrogens is 144 g/mol. The Morgan fingerprint density at radius 1 is 1.73 bits per heavy atom. The van der Waals surface area contributed by atoms with Crippen molar-refractivity contribution in [2.24, 2.45) is 11.8 Å². The molecule has 2 atom stereocenters. The highest BCUT2D eigenvalue weighted by molar-refractivity contribution is 5.71. The van der Waals surface area contributed by atoms with Crippen molar-refractivity contribution in [1.82, 2.24) is 5.32 Å². The molecule has 0 amide bonds. The first-order valence-corrected chi connectivity index (χ1v) is 3.59. The lowest BCUT2D eigenvalue weighted by Crippen LogP contribution is -2.39. The summed E-state index contributed by atoms with van der Waals surface area (Å²) in [6.07, 6.45) is 0.563. The fraction of sp³-hybridized carbons (Fsp3) is 0.714. The summed E-state index contributed by atoms with van der Waals surface area (Å²) in [6.45, 7) is 1.21. The zero-order valence-corrected chi connectivity index (χ0v) is 6.08. The van der Waals surface area contributed by atoms with Crippen LogP contribution in [-0.4, -0.2) is 24.2 Å². The molecule has 1 fully saturated rings. The number of nitriles is 1. The Labute approximate surface area is 64.8 Å². The third-order valence-electron chi connectivity index (χ3n) is 1.97. The Bertz CT molecular complexity index is 197. The van der Waals surface area contributed by atoms with Crippen molar-refractivity contribution in [1.29, 1.82) is 5.26 Å². The molecule has 0 aliphatic carbocycles. The van der Waals surface area contributed by atoms with Crippen LogP contribution in [0.3, 0.4) is 0 Å². The summed E-state index contributed by atoms with van der Waals surface area (Å²) in [5.41, 5.74) is 0. The molecule has 1 rings (SSSR count). The van der Waals surface area contributed by atoms with E-state index in [-0.39, 0.29) is 5.92 Å². The Kier molecular flexibility index (Phi) is 2.44. The number of rotatable bonds is 1. The summed E-state index contributed by atoms with van der Waals surface area (Å²) >= 11 is 0. The molecule has 0 aromatic carbocycles. The van der Waals surface area contributed by atoms with Crippen LogP contribution in [0.15, 0.2) is 0 Å². The quantitative estimate of drug-likeness (QED) is 0.549. The molecule has 1 saturated heterocycles. The molecule has 0 aromatic rings. The van der Waals surface area contributed by atoms with Crippen LogP contribution >= 0.6 is 0 Å². The first-order valence-electron chi connectivity index (χ1n) is 3.59. The van der Waals surface area contributed by atoms with E-state index >= 15 is 0 Å². The van der Waals surface area contributed by atoms with E-state index < -0.39 is 11.9 Å². The number of carboxylic acid groups (broad SMARTS) is 1. The third kappa shape index (κ3) is 1.69. The van der Waals surface area contributed by atoms with E-state index in [0.717, 1.165) is 0 Å². The van der Waals surface area contributed by atoms with Gasteiger partial charge in [0.15, 0.2) is 0 Å². The van der Waals surface area contributed by atoms with E-state index in [1.165, 1.54) is 0 Å². The molecule has 0 aromatic heterocycles. The maximum Gasteiger partial charge on any atom is 0.307 e. The van der Waals surface area contributed by atoms with Gasteiger partial charge < -0.3 is 10.4 Å². The van der Waals surface area contributed by atoms with Gasteiger partial charge >= 0.3 is 5.97 Å². The van der Waals surface area contributed by atoms with Gasteiger partial charge in [0.2, 0.25) is 0 Å². The van der Waals surface area contributed by atoms with Gasteiger partial charge in [-0.05, 0) is 13.0 Å². The zero-order valence-electron chi connectivity index (χ0n) is 6.08. The zero-order chi connectivity index (χ0) is 8.27. The van der Waals surface area contributed by atoms with Crippen molar-refractivity contribution in [2.75, 3.05) is 13.1 Å². The number of hydrogen-bond donors (Lipinski definition) is 2. The lowest BCUT2D eigenvalue weighted by Gasteiger charge is -2.23. The van der Waals surface area contributed by atoms with E-state index in [9.17, 15) is 4.79 Å². The lowest BCUT2D eigenvalue weighted by atomic mass is 9.88. The molecule has 0 saturated carbocycles. The van der Waals surface area contributed by atoms with Crippen LogP contribution in [-0.2, 0) is 4.79 Å². The Balaban J connectivity index is 2.60. The SMILES string of the molecule is N#CC1CNCCC1C(=O)O. The number of aliphatic carboxylic acids is 1. The minimum Gasteiger partial charge on any atom is -0.481 e. The number of carboxylic acids is 1. The van der Waals surface area contributed by atoms with E-state index in [0.29, 0.717) is 19.5 Å². The summed E-state index contributed by atoms with van der Waals surface area (Å²) < 4.78 is 0. The highest BCUT2D eigenvalue weighted by atomic mass is 16.4. The van der Waals surface area contributed by atoms with Crippen molar-refractivity contribution in [3.63, 3.8) is 0 Å². The molecule has 1 aliphatic rings. The van der Waals surface area contributed by atoms with Gasteiger partial charge in [-0.3, -0.25) is 4.79 Å². The van der Waals surface area contributed by atoms with E-state index in [1.54, 1.807) is 0 Å². The highest BCUT2D eigenvalue weighted by Crippen LogP contribution is 2.18. The van der Waals surface area contributed by atoms with E-state index in [1.807, 2.05) is 6.07 Å². The standard InChI is InChI=1S/C7H10N2O2/c8-3-5-4-9-2-1-6(5)7(10)11/h5-6,9H,1-2,4H2,(H,10,11). The van der Waals surface area contributed by atoms with Gasteiger partial charge in [-0.1, -0.05) is 0 Å². The maximum atomic E-state index is 10.5. The molecule has 0 bridgehead atoms. The topological polar surface area (TPSA) is 73.1 Å². The van der Waals surface area contributed by atoms with Gasteiger partial charge in [0.1, 0.15) is 0 Å². The molecule has 1 heterocycles.